The summed E-state index contributed by atoms with van der Waals surface area (Å²) in [5, 5.41) is 3.38. The molecule has 0 radical (unpaired) electrons. The van der Waals surface area contributed by atoms with Crippen LogP contribution in [0.2, 0.25) is 0 Å². The highest BCUT2D eigenvalue weighted by Crippen LogP contribution is 2.41. The molecule has 3 rings (SSSR count). The second kappa shape index (κ2) is 3.19. The van der Waals surface area contributed by atoms with Gasteiger partial charge in [-0.05, 0) is 45.8 Å². The van der Waals surface area contributed by atoms with Gasteiger partial charge in [-0.2, -0.15) is 0 Å². The van der Waals surface area contributed by atoms with Crippen molar-refractivity contribution >= 4 is 5.91 Å². The van der Waals surface area contributed by atoms with E-state index in [4.69, 9.17) is 0 Å². The third kappa shape index (κ3) is 1.47. The van der Waals surface area contributed by atoms with E-state index in [0.29, 0.717) is 11.9 Å². The first-order chi connectivity index (χ1) is 7.21. The zero-order valence-electron chi connectivity index (χ0n) is 9.33. The quantitative estimate of drug-likeness (QED) is 0.660. The molecular formula is C11H19N3O. The van der Waals surface area contributed by atoms with Crippen molar-refractivity contribution in [2.24, 2.45) is 0 Å². The molecule has 4 heteroatoms. The number of likely N-dealkylation sites (tertiary alicyclic amines) is 1. The molecule has 0 atom stereocenters. The molecule has 0 aromatic carbocycles. The molecule has 2 heterocycles. The number of piperidine rings is 1. The molecule has 0 aromatic rings. The first-order valence-electron chi connectivity index (χ1n) is 5.96. The summed E-state index contributed by atoms with van der Waals surface area (Å²) in [6.07, 6.45) is 4.38. The van der Waals surface area contributed by atoms with Gasteiger partial charge >= 0.3 is 0 Å². The molecule has 1 aliphatic carbocycles. The minimum atomic E-state index is -0.108. The average molecular weight is 209 g/mol. The molecule has 1 saturated carbocycles. The summed E-state index contributed by atoms with van der Waals surface area (Å²) in [4.78, 5) is 16.5. The van der Waals surface area contributed by atoms with Crippen molar-refractivity contribution in [1.29, 1.82) is 0 Å². The van der Waals surface area contributed by atoms with E-state index in [0.717, 1.165) is 45.4 Å². The maximum absolute atomic E-state index is 12.1. The van der Waals surface area contributed by atoms with Crippen LogP contribution in [0.4, 0.5) is 0 Å². The minimum absolute atomic E-state index is 0.108. The SMILES string of the molecule is CN1CCC(N2CNC3(CC3)C2=O)CC1. The van der Waals surface area contributed by atoms with Crippen LogP contribution in [0.3, 0.4) is 0 Å². The maximum atomic E-state index is 12.1. The van der Waals surface area contributed by atoms with Crippen molar-refractivity contribution in [3.63, 3.8) is 0 Å². The van der Waals surface area contributed by atoms with Crippen molar-refractivity contribution in [2.75, 3.05) is 26.8 Å². The molecule has 1 N–H and O–H groups in total. The minimum Gasteiger partial charge on any atom is -0.325 e. The van der Waals surface area contributed by atoms with E-state index in [1.54, 1.807) is 0 Å². The third-order valence-electron chi connectivity index (χ3n) is 4.14. The van der Waals surface area contributed by atoms with Crippen LogP contribution in [0.5, 0.6) is 0 Å². The summed E-state index contributed by atoms with van der Waals surface area (Å²) in [6.45, 7) is 3.04. The Labute approximate surface area is 90.6 Å². The van der Waals surface area contributed by atoms with Crippen LogP contribution in [0.15, 0.2) is 0 Å². The van der Waals surface area contributed by atoms with Gasteiger partial charge in [-0.25, -0.2) is 0 Å². The Bertz CT molecular complexity index is 280. The molecule has 4 nitrogen and oxygen atoms in total. The Hall–Kier alpha value is -0.610. The van der Waals surface area contributed by atoms with Gasteiger partial charge in [0.1, 0.15) is 0 Å². The Balaban J connectivity index is 1.66. The topological polar surface area (TPSA) is 35.6 Å². The van der Waals surface area contributed by atoms with Crippen LogP contribution in [-0.4, -0.2) is 54.1 Å². The lowest BCUT2D eigenvalue weighted by atomic mass is 10.0. The summed E-state index contributed by atoms with van der Waals surface area (Å²) in [7, 11) is 2.16. The largest absolute Gasteiger partial charge is 0.325 e. The van der Waals surface area contributed by atoms with Gasteiger partial charge in [-0.15, -0.1) is 0 Å². The molecule has 0 aromatic heterocycles. The van der Waals surface area contributed by atoms with Crippen LogP contribution in [0.25, 0.3) is 0 Å². The molecule has 84 valence electrons. The Kier molecular flexibility index (Phi) is 2.04. The number of rotatable bonds is 1. The number of amides is 1. The number of nitrogens with one attached hydrogen (secondary N) is 1. The zero-order valence-corrected chi connectivity index (χ0v) is 9.33. The Morgan fingerprint density at radius 2 is 2.00 bits per heavy atom. The lowest BCUT2D eigenvalue weighted by Crippen LogP contribution is -2.45. The Morgan fingerprint density at radius 1 is 1.33 bits per heavy atom. The van der Waals surface area contributed by atoms with Crippen LogP contribution < -0.4 is 5.32 Å². The van der Waals surface area contributed by atoms with Crippen molar-refractivity contribution in [3.8, 4) is 0 Å². The Morgan fingerprint density at radius 3 is 2.53 bits per heavy atom. The van der Waals surface area contributed by atoms with Crippen molar-refractivity contribution in [1.82, 2.24) is 15.1 Å². The highest BCUT2D eigenvalue weighted by molar-refractivity contribution is 5.91. The predicted molar refractivity (Wildman–Crippen MR) is 57.3 cm³/mol. The summed E-state index contributed by atoms with van der Waals surface area (Å²) >= 11 is 0. The van der Waals surface area contributed by atoms with Crippen LogP contribution >= 0.6 is 0 Å². The monoisotopic (exact) mass is 209 g/mol. The second-order valence-corrected chi connectivity index (χ2v) is 5.23. The lowest BCUT2D eigenvalue weighted by molar-refractivity contribution is -0.132. The van der Waals surface area contributed by atoms with E-state index < -0.39 is 0 Å². The van der Waals surface area contributed by atoms with E-state index in [9.17, 15) is 4.79 Å². The molecule has 3 fully saturated rings. The average Bonchev–Trinajstić information content (AvgIpc) is 2.94. The van der Waals surface area contributed by atoms with E-state index in [1.165, 1.54) is 0 Å². The molecule has 2 saturated heterocycles. The molecule has 2 aliphatic heterocycles. The fourth-order valence-electron chi connectivity index (χ4n) is 2.78. The van der Waals surface area contributed by atoms with Gasteiger partial charge < -0.3 is 9.80 Å². The van der Waals surface area contributed by atoms with E-state index >= 15 is 0 Å². The van der Waals surface area contributed by atoms with Gasteiger partial charge in [0.15, 0.2) is 0 Å². The van der Waals surface area contributed by atoms with Crippen LogP contribution in [0.1, 0.15) is 25.7 Å². The van der Waals surface area contributed by atoms with Gasteiger partial charge in [0, 0.05) is 6.04 Å². The lowest BCUT2D eigenvalue weighted by Gasteiger charge is -2.34. The highest BCUT2D eigenvalue weighted by Gasteiger charge is 2.56. The van der Waals surface area contributed by atoms with Gasteiger partial charge in [0.2, 0.25) is 5.91 Å². The second-order valence-electron chi connectivity index (χ2n) is 5.23. The molecular weight excluding hydrogens is 190 g/mol. The third-order valence-corrected chi connectivity index (χ3v) is 4.14. The summed E-state index contributed by atoms with van der Waals surface area (Å²) in [6, 6.07) is 0.487. The standard InChI is InChI=1S/C11H19N3O/c1-13-6-2-9(3-7-13)14-8-12-11(4-5-11)10(14)15/h9,12H,2-8H2,1H3. The molecule has 15 heavy (non-hydrogen) atoms. The number of carbonyl (C=O) groups excluding carboxylic acids is 1. The summed E-state index contributed by atoms with van der Waals surface area (Å²) in [5.74, 6) is 0.372. The molecule has 3 aliphatic rings. The van der Waals surface area contributed by atoms with Gasteiger partial charge in [-0.1, -0.05) is 0 Å². The zero-order chi connectivity index (χ0) is 10.5. The predicted octanol–water partition coefficient (Wildman–Crippen LogP) is 0.00250. The van der Waals surface area contributed by atoms with Crippen molar-refractivity contribution in [2.45, 2.75) is 37.3 Å². The summed E-state index contributed by atoms with van der Waals surface area (Å²) < 4.78 is 0. The van der Waals surface area contributed by atoms with Gasteiger partial charge in [-0.3, -0.25) is 10.1 Å². The first-order valence-corrected chi connectivity index (χ1v) is 5.96. The van der Waals surface area contributed by atoms with Crippen LogP contribution in [-0.2, 0) is 4.79 Å². The van der Waals surface area contributed by atoms with E-state index in [2.05, 4.69) is 22.2 Å². The summed E-state index contributed by atoms with van der Waals surface area (Å²) in [5.41, 5.74) is -0.108. The molecule has 0 unspecified atom stereocenters. The van der Waals surface area contributed by atoms with Crippen LogP contribution in [0, 0.1) is 0 Å². The fourth-order valence-corrected chi connectivity index (χ4v) is 2.78. The molecule has 1 spiro atoms. The molecule has 0 bridgehead atoms. The number of hydrogen-bond acceptors (Lipinski definition) is 3. The maximum Gasteiger partial charge on any atom is 0.244 e. The van der Waals surface area contributed by atoms with Crippen molar-refractivity contribution < 1.29 is 4.79 Å². The first kappa shape index (κ1) is 9.60. The fraction of sp³-hybridized carbons (Fsp3) is 0.909. The smallest absolute Gasteiger partial charge is 0.244 e. The van der Waals surface area contributed by atoms with Crippen molar-refractivity contribution in [3.05, 3.63) is 0 Å². The molecule has 1 amide bonds. The van der Waals surface area contributed by atoms with Gasteiger partial charge in [0.25, 0.3) is 0 Å². The number of hydrogen-bond donors (Lipinski definition) is 1. The van der Waals surface area contributed by atoms with Gasteiger partial charge in [0.05, 0.1) is 12.2 Å². The normalized spacial score (nSPS) is 31.5. The highest BCUT2D eigenvalue weighted by atomic mass is 16.2. The number of carbonyl (C=O) groups is 1. The number of nitrogens with zero attached hydrogens (tertiary/aromatic N) is 2. The van der Waals surface area contributed by atoms with E-state index in [1.807, 2.05) is 0 Å². The van der Waals surface area contributed by atoms with E-state index in [-0.39, 0.29) is 5.54 Å².